The molecule has 1 fully saturated rings. The van der Waals surface area contributed by atoms with Crippen LogP contribution in [0, 0.1) is 12.3 Å². The normalized spacial score (nSPS) is 23.9. The number of nitrogen functional groups attached to an aromatic ring is 1. The monoisotopic (exact) mass is 193 g/mol. The van der Waals surface area contributed by atoms with Gasteiger partial charge in [0.1, 0.15) is 0 Å². The van der Waals surface area contributed by atoms with Gasteiger partial charge in [-0.05, 0) is 25.7 Å². The minimum atomic E-state index is 0.449. The lowest BCUT2D eigenvalue weighted by Crippen LogP contribution is -2.06. The molecular formula is C11H19N3. The fourth-order valence-corrected chi connectivity index (χ4v) is 2.31. The predicted octanol–water partition coefficient (Wildman–Crippen LogP) is 2.31. The van der Waals surface area contributed by atoms with E-state index < -0.39 is 0 Å². The van der Waals surface area contributed by atoms with Crippen LogP contribution in [0.1, 0.15) is 44.5 Å². The molecule has 1 heterocycles. The van der Waals surface area contributed by atoms with Crippen molar-refractivity contribution in [2.45, 2.75) is 46.6 Å². The van der Waals surface area contributed by atoms with E-state index in [2.05, 4.69) is 37.2 Å². The Morgan fingerprint density at radius 2 is 2.14 bits per heavy atom. The van der Waals surface area contributed by atoms with Gasteiger partial charge in [0.2, 0.25) is 5.95 Å². The molecule has 0 bridgehead atoms. The van der Waals surface area contributed by atoms with Crippen LogP contribution in [0.4, 0.5) is 5.95 Å². The molecule has 1 atom stereocenters. The molecule has 78 valence electrons. The summed E-state index contributed by atoms with van der Waals surface area (Å²) in [5.74, 6) is 1.33. The van der Waals surface area contributed by atoms with Crippen LogP contribution >= 0.6 is 0 Å². The number of anilines is 1. The highest BCUT2D eigenvalue weighted by atomic mass is 15.2. The maximum absolute atomic E-state index is 5.86. The highest BCUT2D eigenvalue weighted by Crippen LogP contribution is 2.59. The van der Waals surface area contributed by atoms with E-state index in [-0.39, 0.29) is 0 Å². The number of nitrogens with two attached hydrogens (primary N) is 1. The van der Waals surface area contributed by atoms with Crippen molar-refractivity contribution in [3.05, 3.63) is 11.4 Å². The van der Waals surface area contributed by atoms with Gasteiger partial charge in [0.05, 0.1) is 5.69 Å². The quantitative estimate of drug-likeness (QED) is 0.783. The lowest BCUT2D eigenvalue weighted by molar-refractivity contribution is 0.595. The lowest BCUT2D eigenvalue weighted by atomic mass is 10.1. The molecule has 14 heavy (non-hydrogen) atoms. The molecular weight excluding hydrogens is 174 g/mol. The first-order valence-corrected chi connectivity index (χ1v) is 5.30. The van der Waals surface area contributed by atoms with Crippen molar-refractivity contribution in [2.75, 3.05) is 5.73 Å². The molecule has 1 aliphatic carbocycles. The van der Waals surface area contributed by atoms with Crippen molar-refractivity contribution >= 4 is 5.95 Å². The molecule has 1 aliphatic rings. The van der Waals surface area contributed by atoms with Crippen LogP contribution in [0.3, 0.4) is 0 Å². The average Bonchev–Trinajstić information content (AvgIpc) is 2.57. The fourth-order valence-electron chi connectivity index (χ4n) is 2.31. The standard InChI is InChI=1S/C11H19N3/c1-5-14-9(7(2)13-10(14)12)8-6-11(8,3)4/h8H,5-6H2,1-4H3,(H2,12,13). The van der Waals surface area contributed by atoms with Crippen molar-refractivity contribution in [2.24, 2.45) is 5.41 Å². The van der Waals surface area contributed by atoms with Crippen molar-refractivity contribution in [3.8, 4) is 0 Å². The maximum atomic E-state index is 5.86. The largest absolute Gasteiger partial charge is 0.369 e. The number of nitrogens with zero attached hydrogens (tertiary/aromatic N) is 2. The first-order valence-electron chi connectivity index (χ1n) is 5.30. The van der Waals surface area contributed by atoms with Gasteiger partial charge in [0.25, 0.3) is 0 Å². The minimum Gasteiger partial charge on any atom is -0.369 e. The van der Waals surface area contributed by atoms with Gasteiger partial charge in [-0.2, -0.15) is 0 Å². The Bertz CT molecular complexity index is 363. The van der Waals surface area contributed by atoms with Crippen molar-refractivity contribution in [3.63, 3.8) is 0 Å². The number of aryl methyl sites for hydroxylation is 1. The number of aromatic nitrogens is 2. The Hall–Kier alpha value is -0.990. The van der Waals surface area contributed by atoms with E-state index in [4.69, 9.17) is 5.73 Å². The summed E-state index contributed by atoms with van der Waals surface area (Å²) >= 11 is 0. The summed E-state index contributed by atoms with van der Waals surface area (Å²) in [6, 6.07) is 0. The molecule has 0 spiro atoms. The molecule has 0 aliphatic heterocycles. The summed E-state index contributed by atoms with van der Waals surface area (Å²) in [7, 11) is 0. The zero-order chi connectivity index (χ0) is 10.5. The first kappa shape index (κ1) is 9.56. The maximum Gasteiger partial charge on any atom is 0.200 e. The fraction of sp³-hybridized carbons (Fsp3) is 0.727. The Morgan fingerprint density at radius 3 is 2.57 bits per heavy atom. The summed E-state index contributed by atoms with van der Waals surface area (Å²) in [5.41, 5.74) is 8.77. The van der Waals surface area contributed by atoms with Gasteiger partial charge >= 0.3 is 0 Å². The van der Waals surface area contributed by atoms with Crippen LogP contribution in [-0.2, 0) is 6.54 Å². The Balaban J connectivity index is 2.42. The summed E-state index contributed by atoms with van der Waals surface area (Å²) < 4.78 is 2.15. The van der Waals surface area contributed by atoms with Gasteiger partial charge in [-0.25, -0.2) is 4.98 Å². The van der Waals surface area contributed by atoms with Crippen molar-refractivity contribution in [1.29, 1.82) is 0 Å². The Morgan fingerprint density at radius 1 is 1.57 bits per heavy atom. The summed E-state index contributed by atoms with van der Waals surface area (Å²) in [6.07, 6.45) is 1.26. The van der Waals surface area contributed by atoms with Crippen LogP contribution in [0.25, 0.3) is 0 Å². The highest BCUT2D eigenvalue weighted by Gasteiger charge is 2.49. The number of hydrogen-bond donors (Lipinski definition) is 1. The molecule has 1 unspecified atom stereocenters. The molecule has 2 N–H and O–H groups in total. The van der Waals surface area contributed by atoms with Gasteiger partial charge in [-0.15, -0.1) is 0 Å². The molecule has 1 aromatic rings. The van der Waals surface area contributed by atoms with E-state index in [1.807, 2.05) is 0 Å². The van der Waals surface area contributed by atoms with Crippen LogP contribution in [0.5, 0.6) is 0 Å². The zero-order valence-corrected chi connectivity index (χ0v) is 9.46. The van der Waals surface area contributed by atoms with Crippen molar-refractivity contribution < 1.29 is 0 Å². The summed E-state index contributed by atoms with van der Waals surface area (Å²) in [4.78, 5) is 4.35. The third-order valence-electron chi connectivity index (χ3n) is 3.38. The van der Waals surface area contributed by atoms with E-state index in [0.29, 0.717) is 17.3 Å². The SMILES string of the molecule is CCn1c(N)nc(C)c1C1CC1(C)C. The van der Waals surface area contributed by atoms with Gasteiger partial charge in [-0.1, -0.05) is 13.8 Å². The minimum absolute atomic E-state index is 0.449. The average molecular weight is 193 g/mol. The van der Waals surface area contributed by atoms with E-state index >= 15 is 0 Å². The van der Waals surface area contributed by atoms with Gasteiger partial charge in [0, 0.05) is 18.2 Å². The first-order chi connectivity index (χ1) is 6.47. The summed E-state index contributed by atoms with van der Waals surface area (Å²) in [6.45, 7) is 9.72. The number of hydrogen-bond acceptors (Lipinski definition) is 2. The third kappa shape index (κ3) is 1.22. The van der Waals surface area contributed by atoms with E-state index in [1.165, 1.54) is 12.1 Å². The van der Waals surface area contributed by atoms with Crippen LogP contribution < -0.4 is 5.73 Å². The van der Waals surface area contributed by atoms with Gasteiger partial charge in [-0.3, -0.25) is 0 Å². The zero-order valence-electron chi connectivity index (χ0n) is 9.46. The topological polar surface area (TPSA) is 43.8 Å². The van der Waals surface area contributed by atoms with Crippen LogP contribution in [-0.4, -0.2) is 9.55 Å². The molecule has 3 heteroatoms. The molecule has 1 saturated carbocycles. The van der Waals surface area contributed by atoms with Gasteiger partial charge in [0.15, 0.2) is 0 Å². The molecule has 0 amide bonds. The smallest absolute Gasteiger partial charge is 0.200 e. The molecule has 0 saturated heterocycles. The molecule has 0 aromatic carbocycles. The number of imidazole rings is 1. The van der Waals surface area contributed by atoms with E-state index in [0.717, 1.165) is 12.2 Å². The molecule has 2 rings (SSSR count). The van der Waals surface area contributed by atoms with E-state index in [1.54, 1.807) is 0 Å². The lowest BCUT2D eigenvalue weighted by Gasteiger charge is -2.09. The second kappa shape index (κ2) is 2.75. The van der Waals surface area contributed by atoms with Crippen LogP contribution in [0.15, 0.2) is 0 Å². The molecule has 1 aromatic heterocycles. The Kier molecular flexibility index (Phi) is 1.88. The second-order valence-corrected chi connectivity index (χ2v) is 4.93. The molecule has 0 radical (unpaired) electrons. The molecule has 3 nitrogen and oxygen atoms in total. The van der Waals surface area contributed by atoms with Gasteiger partial charge < -0.3 is 10.3 Å². The Labute approximate surface area is 85.3 Å². The third-order valence-corrected chi connectivity index (χ3v) is 3.38. The second-order valence-electron chi connectivity index (χ2n) is 4.93. The number of rotatable bonds is 2. The highest BCUT2D eigenvalue weighted by molar-refractivity contribution is 5.35. The van der Waals surface area contributed by atoms with Crippen LogP contribution in [0.2, 0.25) is 0 Å². The van der Waals surface area contributed by atoms with E-state index in [9.17, 15) is 0 Å². The predicted molar refractivity (Wildman–Crippen MR) is 58.2 cm³/mol. The van der Waals surface area contributed by atoms with Crippen molar-refractivity contribution in [1.82, 2.24) is 9.55 Å². The summed E-state index contributed by atoms with van der Waals surface area (Å²) in [5, 5.41) is 0.